The SMILES string of the molecule is CCC1CN(C(=O)[C@@H](N)[C@@H](C)CC)CCS1. The average Bonchev–Trinajstić information content (AvgIpc) is 2.36. The molecule has 2 N–H and O–H groups in total. The quantitative estimate of drug-likeness (QED) is 0.819. The van der Waals surface area contributed by atoms with Crippen molar-refractivity contribution in [3.63, 3.8) is 0 Å². The van der Waals surface area contributed by atoms with Crippen LogP contribution in [0.15, 0.2) is 0 Å². The van der Waals surface area contributed by atoms with Crippen molar-refractivity contribution in [2.24, 2.45) is 11.7 Å². The minimum Gasteiger partial charge on any atom is -0.339 e. The first-order chi connectivity index (χ1) is 7.60. The van der Waals surface area contributed by atoms with Gasteiger partial charge in [-0.3, -0.25) is 4.79 Å². The summed E-state index contributed by atoms with van der Waals surface area (Å²) in [6.45, 7) is 8.06. The average molecular weight is 244 g/mol. The number of rotatable bonds is 4. The Morgan fingerprint density at radius 1 is 1.56 bits per heavy atom. The van der Waals surface area contributed by atoms with Crippen LogP contribution in [-0.2, 0) is 4.79 Å². The Balaban J connectivity index is 2.52. The van der Waals surface area contributed by atoms with E-state index in [0.717, 1.165) is 31.7 Å². The highest BCUT2D eigenvalue weighted by Gasteiger charge is 2.28. The van der Waals surface area contributed by atoms with E-state index in [-0.39, 0.29) is 17.9 Å². The fourth-order valence-corrected chi connectivity index (χ4v) is 3.05. The molecule has 1 amide bonds. The molecule has 0 aromatic heterocycles. The van der Waals surface area contributed by atoms with E-state index in [9.17, 15) is 4.79 Å². The molecule has 3 nitrogen and oxygen atoms in total. The summed E-state index contributed by atoms with van der Waals surface area (Å²) in [5.41, 5.74) is 5.99. The van der Waals surface area contributed by atoms with Crippen LogP contribution in [0.1, 0.15) is 33.6 Å². The van der Waals surface area contributed by atoms with Crippen LogP contribution in [0.4, 0.5) is 0 Å². The third-order valence-corrected chi connectivity index (χ3v) is 4.82. The monoisotopic (exact) mass is 244 g/mol. The van der Waals surface area contributed by atoms with Gasteiger partial charge in [-0.05, 0) is 12.3 Å². The second-order valence-electron chi connectivity index (χ2n) is 4.60. The van der Waals surface area contributed by atoms with Gasteiger partial charge >= 0.3 is 0 Å². The van der Waals surface area contributed by atoms with Gasteiger partial charge in [0.1, 0.15) is 0 Å². The number of nitrogens with two attached hydrogens (primary N) is 1. The van der Waals surface area contributed by atoms with Crippen LogP contribution in [0.3, 0.4) is 0 Å². The van der Waals surface area contributed by atoms with E-state index < -0.39 is 0 Å². The van der Waals surface area contributed by atoms with Gasteiger partial charge in [-0.15, -0.1) is 0 Å². The van der Waals surface area contributed by atoms with E-state index in [4.69, 9.17) is 5.73 Å². The Bertz CT molecular complexity index is 235. The lowest BCUT2D eigenvalue weighted by Gasteiger charge is -2.34. The van der Waals surface area contributed by atoms with E-state index >= 15 is 0 Å². The number of thioether (sulfide) groups is 1. The highest BCUT2D eigenvalue weighted by Crippen LogP contribution is 2.22. The van der Waals surface area contributed by atoms with Gasteiger partial charge in [0.2, 0.25) is 5.91 Å². The van der Waals surface area contributed by atoms with Gasteiger partial charge in [-0.1, -0.05) is 27.2 Å². The van der Waals surface area contributed by atoms with Gasteiger partial charge in [0.15, 0.2) is 0 Å². The Morgan fingerprint density at radius 2 is 2.25 bits per heavy atom. The number of amides is 1. The highest BCUT2D eigenvalue weighted by atomic mass is 32.2. The lowest BCUT2D eigenvalue weighted by atomic mass is 9.99. The maximum atomic E-state index is 12.2. The van der Waals surface area contributed by atoms with E-state index in [0.29, 0.717) is 5.25 Å². The standard InChI is InChI=1S/C12H24N2OS/c1-4-9(3)11(13)12(15)14-6-7-16-10(5-2)8-14/h9-11H,4-8,13H2,1-3H3/t9-,10?,11-/m0/s1. The van der Waals surface area contributed by atoms with Gasteiger partial charge in [-0.25, -0.2) is 0 Å². The summed E-state index contributed by atoms with van der Waals surface area (Å²) >= 11 is 1.98. The predicted octanol–water partition coefficient (Wildman–Crippen LogP) is 1.71. The molecule has 1 rings (SSSR count). The molecule has 1 heterocycles. The summed E-state index contributed by atoms with van der Waals surface area (Å²) in [4.78, 5) is 14.1. The normalized spacial score (nSPS) is 25.2. The molecule has 0 aromatic carbocycles. The first-order valence-electron chi connectivity index (χ1n) is 6.26. The van der Waals surface area contributed by atoms with Gasteiger partial charge < -0.3 is 10.6 Å². The minimum atomic E-state index is -0.314. The molecular formula is C12H24N2OS. The van der Waals surface area contributed by atoms with Crippen molar-refractivity contribution >= 4 is 17.7 Å². The zero-order valence-corrected chi connectivity index (χ0v) is 11.4. The van der Waals surface area contributed by atoms with Crippen molar-refractivity contribution in [3.05, 3.63) is 0 Å². The molecule has 1 unspecified atom stereocenters. The number of hydrogen-bond acceptors (Lipinski definition) is 3. The topological polar surface area (TPSA) is 46.3 Å². The highest BCUT2D eigenvalue weighted by molar-refractivity contribution is 8.00. The number of hydrogen-bond donors (Lipinski definition) is 1. The van der Waals surface area contributed by atoms with Gasteiger partial charge in [-0.2, -0.15) is 11.8 Å². The van der Waals surface area contributed by atoms with Crippen molar-refractivity contribution in [2.75, 3.05) is 18.8 Å². The summed E-state index contributed by atoms with van der Waals surface area (Å²) < 4.78 is 0. The van der Waals surface area contributed by atoms with Gasteiger partial charge in [0, 0.05) is 24.1 Å². The molecule has 1 aliphatic heterocycles. The molecule has 1 saturated heterocycles. The summed E-state index contributed by atoms with van der Waals surface area (Å²) in [5.74, 6) is 1.48. The third-order valence-electron chi connectivity index (χ3n) is 3.45. The molecule has 94 valence electrons. The van der Waals surface area contributed by atoms with Crippen LogP contribution in [0.25, 0.3) is 0 Å². The molecule has 0 bridgehead atoms. The van der Waals surface area contributed by atoms with E-state index in [1.54, 1.807) is 0 Å². The lowest BCUT2D eigenvalue weighted by Crippen LogP contribution is -2.51. The number of carbonyl (C=O) groups is 1. The molecule has 4 heteroatoms. The molecule has 0 saturated carbocycles. The summed E-state index contributed by atoms with van der Waals surface area (Å²) in [7, 11) is 0. The fraction of sp³-hybridized carbons (Fsp3) is 0.917. The molecule has 16 heavy (non-hydrogen) atoms. The molecule has 1 aliphatic rings. The maximum absolute atomic E-state index is 12.2. The third kappa shape index (κ3) is 3.39. The minimum absolute atomic E-state index is 0.146. The van der Waals surface area contributed by atoms with Crippen molar-refractivity contribution in [1.29, 1.82) is 0 Å². The van der Waals surface area contributed by atoms with Crippen LogP contribution in [0.2, 0.25) is 0 Å². The number of carbonyl (C=O) groups excluding carboxylic acids is 1. The van der Waals surface area contributed by atoms with Gasteiger partial charge in [0.25, 0.3) is 0 Å². The predicted molar refractivity (Wildman–Crippen MR) is 70.5 cm³/mol. The van der Waals surface area contributed by atoms with E-state index in [1.807, 2.05) is 16.7 Å². The Hall–Kier alpha value is -0.220. The van der Waals surface area contributed by atoms with Crippen molar-refractivity contribution in [3.8, 4) is 0 Å². The van der Waals surface area contributed by atoms with Crippen molar-refractivity contribution < 1.29 is 4.79 Å². The molecule has 3 atom stereocenters. The summed E-state index contributed by atoms with van der Waals surface area (Å²) in [6, 6.07) is -0.314. The van der Waals surface area contributed by atoms with Crippen LogP contribution in [0, 0.1) is 5.92 Å². The molecule has 0 radical (unpaired) electrons. The summed E-state index contributed by atoms with van der Waals surface area (Å²) in [5, 5.41) is 0.599. The van der Waals surface area contributed by atoms with Crippen molar-refractivity contribution in [2.45, 2.75) is 44.9 Å². The largest absolute Gasteiger partial charge is 0.339 e. The molecule has 0 aliphatic carbocycles. The maximum Gasteiger partial charge on any atom is 0.239 e. The first kappa shape index (κ1) is 13.8. The van der Waals surface area contributed by atoms with E-state index in [1.165, 1.54) is 0 Å². The number of nitrogens with zero attached hydrogens (tertiary/aromatic N) is 1. The second-order valence-corrected chi connectivity index (χ2v) is 6.00. The van der Waals surface area contributed by atoms with Crippen LogP contribution >= 0.6 is 11.8 Å². The molecule has 0 aromatic rings. The Kier molecular flexibility index (Phi) is 5.62. The van der Waals surface area contributed by atoms with E-state index in [2.05, 4.69) is 20.8 Å². The zero-order chi connectivity index (χ0) is 12.1. The first-order valence-corrected chi connectivity index (χ1v) is 7.30. The van der Waals surface area contributed by atoms with Crippen LogP contribution in [-0.4, -0.2) is 40.9 Å². The Labute approximate surface area is 103 Å². The van der Waals surface area contributed by atoms with Gasteiger partial charge in [0.05, 0.1) is 6.04 Å². The molecular weight excluding hydrogens is 220 g/mol. The fourth-order valence-electron chi connectivity index (χ4n) is 1.87. The molecule has 1 fully saturated rings. The second kappa shape index (κ2) is 6.50. The zero-order valence-electron chi connectivity index (χ0n) is 10.6. The molecule has 0 spiro atoms. The lowest BCUT2D eigenvalue weighted by molar-refractivity contribution is -0.133. The smallest absolute Gasteiger partial charge is 0.239 e. The Morgan fingerprint density at radius 3 is 2.81 bits per heavy atom. The van der Waals surface area contributed by atoms with Crippen molar-refractivity contribution in [1.82, 2.24) is 4.90 Å². The van der Waals surface area contributed by atoms with Crippen LogP contribution in [0.5, 0.6) is 0 Å². The van der Waals surface area contributed by atoms with Crippen LogP contribution < -0.4 is 5.73 Å². The summed E-state index contributed by atoms with van der Waals surface area (Å²) in [6.07, 6.45) is 2.10.